The van der Waals surface area contributed by atoms with Crippen molar-refractivity contribution in [3.63, 3.8) is 0 Å². The highest BCUT2D eigenvalue weighted by Crippen LogP contribution is 2.48. The molecule has 11 heteroatoms. The van der Waals surface area contributed by atoms with E-state index < -0.39 is 28.5 Å². The van der Waals surface area contributed by atoms with E-state index in [1.807, 2.05) is 42.5 Å². The van der Waals surface area contributed by atoms with E-state index in [-0.39, 0.29) is 6.54 Å². The van der Waals surface area contributed by atoms with Gasteiger partial charge in [0.15, 0.2) is 0 Å². The van der Waals surface area contributed by atoms with E-state index in [1.54, 1.807) is 0 Å². The summed E-state index contributed by atoms with van der Waals surface area (Å²) in [5, 5.41) is 4.80. The maximum atomic E-state index is 12.8. The average molecular weight is 500 g/mol. The lowest BCUT2D eigenvalue weighted by molar-refractivity contribution is 0.200. The van der Waals surface area contributed by atoms with Crippen LogP contribution < -0.4 is 5.09 Å². The molecule has 0 heterocycles. The Morgan fingerprint density at radius 3 is 1.92 bits per heavy atom. The normalized spacial score (nSPS) is 13.3. The molecule has 0 saturated carbocycles. The molecule has 2 rings (SSSR count). The maximum absolute atomic E-state index is 12.8. The van der Waals surface area contributed by atoms with Crippen molar-refractivity contribution in [2.24, 2.45) is 0 Å². The number of nitrogens with one attached hydrogen (secondary N) is 1. The van der Waals surface area contributed by atoms with Gasteiger partial charge in [0, 0.05) is 6.54 Å². The molecule has 0 bridgehead atoms. The first kappa shape index (κ1) is 22.8. The van der Waals surface area contributed by atoms with Crippen LogP contribution in [0.15, 0.2) is 42.5 Å². The fourth-order valence-corrected chi connectivity index (χ4v) is 4.13. The molecular formula is C15H14Cl6NO3P. The maximum Gasteiger partial charge on any atom is 0.406 e. The van der Waals surface area contributed by atoms with E-state index in [1.165, 1.54) is 0 Å². The van der Waals surface area contributed by atoms with Gasteiger partial charge in [-0.3, -0.25) is 9.05 Å². The van der Waals surface area contributed by atoms with E-state index in [9.17, 15) is 4.57 Å². The lowest BCUT2D eigenvalue weighted by atomic mass is 10.1. The second kappa shape index (κ2) is 9.37. The molecule has 2 aromatic rings. The lowest BCUT2D eigenvalue weighted by Crippen LogP contribution is -2.22. The number of benzene rings is 2. The fourth-order valence-electron chi connectivity index (χ4n) is 1.98. The summed E-state index contributed by atoms with van der Waals surface area (Å²) in [6.45, 7) is -0.777. The quantitative estimate of drug-likeness (QED) is 0.336. The predicted molar refractivity (Wildman–Crippen MR) is 111 cm³/mol. The van der Waals surface area contributed by atoms with E-state index in [2.05, 4.69) is 5.09 Å². The van der Waals surface area contributed by atoms with E-state index in [0.29, 0.717) is 0 Å². The first-order chi connectivity index (χ1) is 12.0. The summed E-state index contributed by atoms with van der Waals surface area (Å²) in [6.07, 6.45) is 0. The zero-order chi connectivity index (χ0) is 19.4. The van der Waals surface area contributed by atoms with Crippen LogP contribution in [0.25, 0.3) is 10.8 Å². The Balaban J connectivity index is 2.09. The Bertz CT molecular complexity index is 771. The summed E-state index contributed by atoms with van der Waals surface area (Å²) >= 11 is 33.8. The summed E-state index contributed by atoms with van der Waals surface area (Å²) < 4.78 is 19.6. The van der Waals surface area contributed by atoms with E-state index in [4.69, 9.17) is 78.7 Å². The molecule has 0 aromatic heterocycles. The highest BCUT2D eigenvalue weighted by molar-refractivity contribution is 7.51. The molecule has 0 aliphatic heterocycles. The van der Waals surface area contributed by atoms with Crippen molar-refractivity contribution in [3.05, 3.63) is 48.0 Å². The monoisotopic (exact) mass is 497 g/mol. The lowest BCUT2D eigenvalue weighted by Gasteiger charge is -2.23. The van der Waals surface area contributed by atoms with Crippen LogP contribution in [0.3, 0.4) is 0 Å². The molecule has 1 N–H and O–H groups in total. The Morgan fingerprint density at radius 2 is 1.38 bits per heavy atom. The SMILES string of the molecule is O=P(NCc1ccc2ccccc2c1)(OCC(Cl)(Cl)Cl)OCC(Cl)(Cl)Cl. The fraction of sp³-hybridized carbons (Fsp3) is 0.333. The third-order valence-corrected chi connectivity index (χ3v) is 5.23. The minimum Gasteiger partial charge on any atom is -0.292 e. The van der Waals surface area contributed by atoms with Gasteiger partial charge in [0.05, 0.1) is 0 Å². The second-order valence-corrected chi connectivity index (χ2v) is 12.2. The Morgan fingerprint density at radius 1 is 0.846 bits per heavy atom. The van der Waals surface area contributed by atoms with E-state index >= 15 is 0 Å². The first-order valence-corrected chi connectivity index (χ1v) is 11.0. The van der Waals surface area contributed by atoms with Crippen molar-refractivity contribution in [1.82, 2.24) is 5.09 Å². The number of fused-ring (bicyclic) bond motifs is 1. The molecule has 144 valence electrons. The number of halogens is 6. The summed E-state index contributed by atoms with van der Waals surface area (Å²) in [5.74, 6) is 0. The van der Waals surface area contributed by atoms with Crippen LogP contribution in [0.2, 0.25) is 0 Å². The van der Waals surface area contributed by atoms with Crippen LogP contribution in [-0.4, -0.2) is 20.8 Å². The molecule has 2 aromatic carbocycles. The molecule has 4 nitrogen and oxygen atoms in total. The topological polar surface area (TPSA) is 47.6 Å². The molecule has 0 fully saturated rings. The van der Waals surface area contributed by atoms with Gasteiger partial charge in [0.2, 0.25) is 7.59 Å². The molecule has 0 aliphatic carbocycles. The molecule has 0 atom stereocenters. The zero-order valence-electron chi connectivity index (χ0n) is 13.1. The first-order valence-electron chi connectivity index (χ1n) is 7.21. The minimum absolute atomic E-state index is 0.168. The summed E-state index contributed by atoms with van der Waals surface area (Å²) in [7, 11) is -3.89. The van der Waals surface area contributed by atoms with Crippen LogP contribution in [0.4, 0.5) is 0 Å². The molecule has 0 aliphatic rings. The Kier molecular flexibility index (Phi) is 8.23. The Labute approximate surface area is 181 Å². The highest BCUT2D eigenvalue weighted by Gasteiger charge is 2.33. The molecule has 0 radical (unpaired) electrons. The highest BCUT2D eigenvalue weighted by atomic mass is 35.6. The third-order valence-electron chi connectivity index (χ3n) is 3.09. The van der Waals surface area contributed by atoms with Crippen molar-refractivity contribution in [3.8, 4) is 0 Å². The number of alkyl halides is 6. The van der Waals surface area contributed by atoms with Crippen molar-refractivity contribution in [2.75, 3.05) is 13.2 Å². The second-order valence-electron chi connectivity index (χ2n) is 5.29. The van der Waals surface area contributed by atoms with Crippen LogP contribution in [0, 0.1) is 0 Å². The smallest absolute Gasteiger partial charge is 0.292 e. The molecule has 0 spiro atoms. The van der Waals surface area contributed by atoms with Gasteiger partial charge in [-0.25, -0.2) is 9.65 Å². The zero-order valence-corrected chi connectivity index (χ0v) is 18.5. The largest absolute Gasteiger partial charge is 0.406 e. The molecule has 0 amide bonds. The number of hydrogen-bond donors (Lipinski definition) is 1. The summed E-state index contributed by atoms with van der Waals surface area (Å²) in [6, 6.07) is 13.6. The standard InChI is InChI=1S/C15H14Cl6NO3P/c16-14(17,18)9-24-26(23,25-10-15(19,20)21)22-8-11-5-6-12-3-1-2-4-13(12)7-11/h1-7H,8-10H2,(H,22,23). The predicted octanol–water partition coefficient (Wildman–Crippen LogP) is 6.81. The number of rotatable bonds is 7. The van der Waals surface area contributed by atoms with E-state index in [0.717, 1.165) is 16.3 Å². The Hall–Kier alpha value is 0.550. The van der Waals surface area contributed by atoms with Gasteiger partial charge < -0.3 is 0 Å². The summed E-state index contributed by atoms with van der Waals surface area (Å²) in [4.78, 5) is 0. The van der Waals surface area contributed by atoms with Crippen molar-refractivity contribution < 1.29 is 13.6 Å². The van der Waals surface area contributed by atoms with Crippen molar-refractivity contribution in [1.29, 1.82) is 0 Å². The van der Waals surface area contributed by atoms with Gasteiger partial charge in [0.25, 0.3) is 0 Å². The van der Waals surface area contributed by atoms with Gasteiger partial charge in [-0.2, -0.15) is 0 Å². The van der Waals surface area contributed by atoms with Crippen molar-refractivity contribution >= 4 is 88.1 Å². The van der Waals surface area contributed by atoms with Crippen LogP contribution in [0.1, 0.15) is 5.56 Å². The van der Waals surface area contributed by atoms with Gasteiger partial charge >= 0.3 is 7.75 Å². The van der Waals surface area contributed by atoms with Gasteiger partial charge in [0.1, 0.15) is 13.2 Å². The van der Waals surface area contributed by atoms with Gasteiger partial charge in [-0.15, -0.1) is 0 Å². The van der Waals surface area contributed by atoms with Crippen LogP contribution in [0.5, 0.6) is 0 Å². The molecule has 0 unspecified atom stereocenters. The molecular weight excluding hydrogens is 486 g/mol. The van der Waals surface area contributed by atoms with Crippen LogP contribution >= 0.6 is 77.4 Å². The minimum atomic E-state index is -3.89. The van der Waals surface area contributed by atoms with Gasteiger partial charge in [-0.1, -0.05) is 106 Å². The van der Waals surface area contributed by atoms with Crippen molar-refractivity contribution in [2.45, 2.75) is 14.1 Å². The van der Waals surface area contributed by atoms with Gasteiger partial charge in [-0.05, 0) is 22.4 Å². The average Bonchev–Trinajstić information content (AvgIpc) is 2.55. The molecule has 26 heavy (non-hydrogen) atoms. The summed E-state index contributed by atoms with van der Waals surface area (Å²) in [5.41, 5.74) is 0.846. The number of hydrogen-bond acceptors (Lipinski definition) is 3. The third kappa shape index (κ3) is 8.28. The molecule has 0 saturated heterocycles. The van der Waals surface area contributed by atoms with Crippen LogP contribution in [-0.2, 0) is 20.2 Å².